The van der Waals surface area contributed by atoms with Gasteiger partial charge in [-0.3, -0.25) is 9.69 Å². The summed E-state index contributed by atoms with van der Waals surface area (Å²) in [4.78, 5) is 13.6. The maximum Gasteiger partial charge on any atom is 0.307 e. The number of rotatable bonds is 3. The van der Waals surface area contributed by atoms with Crippen molar-refractivity contribution >= 4 is 5.97 Å². The molecule has 2 N–H and O–H groups in total. The molecule has 0 aromatic carbocycles. The summed E-state index contributed by atoms with van der Waals surface area (Å²) in [6.07, 6.45) is 7.25. The molecule has 2 rings (SSSR count). The van der Waals surface area contributed by atoms with E-state index in [0.717, 1.165) is 19.5 Å². The fourth-order valence-corrected chi connectivity index (χ4v) is 3.27. The number of piperidine rings is 1. The molecule has 0 aromatic heterocycles. The maximum absolute atomic E-state index is 11.2. The zero-order valence-corrected chi connectivity index (χ0v) is 10.7. The van der Waals surface area contributed by atoms with Gasteiger partial charge in [0.15, 0.2) is 0 Å². The summed E-state index contributed by atoms with van der Waals surface area (Å²) in [5, 5.41) is 12.5. The SMILES string of the molecule is CNC1CC(C(=O)O)CN(C2CCCCC2)C1. The lowest BCUT2D eigenvalue weighted by Gasteiger charge is -2.42. The van der Waals surface area contributed by atoms with Crippen molar-refractivity contribution in [1.82, 2.24) is 10.2 Å². The smallest absolute Gasteiger partial charge is 0.307 e. The third-order valence-electron chi connectivity index (χ3n) is 4.33. The molecule has 4 heteroatoms. The first-order valence-corrected chi connectivity index (χ1v) is 6.85. The number of carboxylic acids is 1. The predicted octanol–water partition coefficient (Wildman–Crippen LogP) is 1.31. The molecule has 2 unspecified atom stereocenters. The first kappa shape index (κ1) is 12.8. The fourth-order valence-electron chi connectivity index (χ4n) is 3.27. The van der Waals surface area contributed by atoms with Crippen LogP contribution in [0.25, 0.3) is 0 Å². The second-order valence-corrected chi connectivity index (χ2v) is 5.50. The molecule has 4 nitrogen and oxygen atoms in total. The molecule has 1 saturated heterocycles. The number of hydrogen-bond donors (Lipinski definition) is 2. The van der Waals surface area contributed by atoms with Crippen LogP contribution in [0.1, 0.15) is 38.5 Å². The molecule has 1 saturated carbocycles. The van der Waals surface area contributed by atoms with Gasteiger partial charge in [0.25, 0.3) is 0 Å². The van der Waals surface area contributed by atoms with Crippen LogP contribution >= 0.6 is 0 Å². The summed E-state index contributed by atoms with van der Waals surface area (Å²) in [5.74, 6) is -0.825. The molecule has 2 fully saturated rings. The van der Waals surface area contributed by atoms with Crippen molar-refractivity contribution in [2.45, 2.75) is 50.6 Å². The van der Waals surface area contributed by atoms with Crippen LogP contribution in [0.15, 0.2) is 0 Å². The lowest BCUT2D eigenvalue weighted by molar-refractivity contribution is -0.144. The predicted molar refractivity (Wildman–Crippen MR) is 67.0 cm³/mol. The molecule has 2 aliphatic rings. The molecular weight excluding hydrogens is 216 g/mol. The van der Waals surface area contributed by atoms with Crippen molar-refractivity contribution in [3.8, 4) is 0 Å². The highest BCUT2D eigenvalue weighted by atomic mass is 16.4. The van der Waals surface area contributed by atoms with Gasteiger partial charge in [-0.15, -0.1) is 0 Å². The van der Waals surface area contributed by atoms with E-state index in [4.69, 9.17) is 0 Å². The number of nitrogens with one attached hydrogen (secondary N) is 1. The molecule has 98 valence electrons. The molecule has 0 spiro atoms. The molecule has 17 heavy (non-hydrogen) atoms. The van der Waals surface area contributed by atoms with Gasteiger partial charge in [-0.1, -0.05) is 19.3 Å². The molecule has 0 aromatic rings. The van der Waals surface area contributed by atoms with Crippen LogP contribution in [-0.4, -0.2) is 48.2 Å². The Kier molecular flexibility index (Phi) is 4.40. The molecule has 1 aliphatic carbocycles. The average Bonchev–Trinajstić information content (AvgIpc) is 2.39. The van der Waals surface area contributed by atoms with Gasteiger partial charge in [-0.05, 0) is 26.3 Å². The van der Waals surface area contributed by atoms with Crippen molar-refractivity contribution in [2.24, 2.45) is 5.92 Å². The Morgan fingerprint density at radius 3 is 2.53 bits per heavy atom. The number of carbonyl (C=O) groups is 1. The summed E-state index contributed by atoms with van der Waals surface area (Å²) in [6, 6.07) is 0.966. The van der Waals surface area contributed by atoms with Crippen molar-refractivity contribution in [3.63, 3.8) is 0 Å². The molecule has 0 amide bonds. The van der Waals surface area contributed by atoms with Gasteiger partial charge in [0, 0.05) is 25.2 Å². The van der Waals surface area contributed by atoms with Crippen molar-refractivity contribution in [3.05, 3.63) is 0 Å². The standard InChI is InChI=1S/C13H24N2O2/c1-14-11-7-10(13(16)17)8-15(9-11)12-5-3-2-4-6-12/h10-12,14H,2-9H2,1H3,(H,16,17). The quantitative estimate of drug-likeness (QED) is 0.781. The van der Waals surface area contributed by atoms with Gasteiger partial charge in [0.2, 0.25) is 0 Å². The van der Waals surface area contributed by atoms with E-state index in [9.17, 15) is 9.90 Å². The van der Waals surface area contributed by atoms with Crippen LogP contribution < -0.4 is 5.32 Å². The lowest BCUT2D eigenvalue weighted by atomic mass is 9.88. The monoisotopic (exact) mass is 240 g/mol. The number of hydrogen-bond acceptors (Lipinski definition) is 3. The Morgan fingerprint density at radius 1 is 1.24 bits per heavy atom. The topological polar surface area (TPSA) is 52.6 Å². The van der Waals surface area contributed by atoms with Gasteiger partial charge < -0.3 is 10.4 Å². The molecule has 2 atom stereocenters. The normalized spacial score (nSPS) is 32.5. The van der Waals surface area contributed by atoms with Crippen molar-refractivity contribution in [2.75, 3.05) is 20.1 Å². The van der Waals surface area contributed by atoms with Crippen LogP contribution in [0.3, 0.4) is 0 Å². The van der Waals surface area contributed by atoms with E-state index in [2.05, 4.69) is 10.2 Å². The Balaban J connectivity index is 1.97. The van der Waals surface area contributed by atoms with Crippen LogP contribution in [0.5, 0.6) is 0 Å². The summed E-state index contributed by atoms with van der Waals surface area (Å²) < 4.78 is 0. The summed E-state index contributed by atoms with van der Waals surface area (Å²) in [7, 11) is 1.94. The second-order valence-electron chi connectivity index (χ2n) is 5.50. The largest absolute Gasteiger partial charge is 0.481 e. The van der Waals surface area contributed by atoms with Gasteiger partial charge in [0.1, 0.15) is 0 Å². The highest BCUT2D eigenvalue weighted by molar-refractivity contribution is 5.70. The lowest BCUT2D eigenvalue weighted by Crippen LogP contribution is -2.53. The highest BCUT2D eigenvalue weighted by Gasteiger charge is 2.34. The van der Waals surface area contributed by atoms with Crippen molar-refractivity contribution < 1.29 is 9.90 Å². The number of nitrogens with zero attached hydrogens (tertiary/aromatic N) is 1. The minimum absolute atomic E-state index is 0.192. The van der Waals surface area contributed by atoms with E-state index < -0.39 is 5.97 Å². The second kappa shape index (κ2) is 5.83. The van der Waals surface area contributed by atoms with Crippen LogP contribution in [0.4, 0.5) is 0 Å². The Hall–Kier alpha value is -0.610. The first-order valence-electron chi connectivity index (χ1n) is 6.85. The zero-order chi connectivity index (χ0) is 12.3. The number of aliphatic carboxylic acids is 1. The van der Waals surface area contributed by atoms with E-state index in [0.29, 0.717) is 12.1 Å². The molecule has 1 aliphatic heterocycles. The van der Waals surface area contributed by atoms with E-state index in [1.165, 1.54) is 32.1 Å². The van der Waals surface area contributed by atoms with Crippen LogP contribution in [-0.2, 0) is 4.79 Å². The van der Waals surface area contributed by atoms with Gasteiger partial charge >= 0.3 is 5.97 Å². The minimum Gasteiger partial charge on any atom is -0.481 e. The van der Waals surface area contributed by atoms with Gasteiger partial charge in [-0.2, -0.15) is 0 Å². The average molecular weight is 240 g/mol. The Labute approximate surface area is 103 Å². The third-order valence-corrected chi connectivity index (χ3v) is 4.33. The fraction of sp³-hybridized carbons (Fsp3) is 0.923. The number of likely N-dealkylation sites (tertiary alicyclic amines) is 1. The van der Waals surface area contributed by atoms with Crippen molar-refractivity contribution in [1.29, 1.82) is 0 Å². The van der Waals surface area contributed by atoms with E-state index in [1.807, 2.05) is 7.05 Å². The highest BCUT2D eigenvalue weighted by Crippen LogP contribution is 2.27. The van der Waals surface area contributed by atoms with Gasteiger partial charge in [0.05, 0.1) is 5.92 Å². The zero-order valence-electron chi connectivity index (χ0n) is 10.7. The summed E-state index contributed by atoms with van der Waals surface area (Å²) >= 11 is 0. The first-order chi connectivity index (χ1) is 8.20. The number of likely N-dealkylation sites (N-methyl/N-ethyl adjacent to an activating group) is 1. The summed E-state index contributed by atoms with van der Waals surface area (Å²) in [6.45, 7) is 1.77. The van der Waals surface area contributed by atoms with E-state index in [-0.39, 0.29) is 5.92 Å². The molecule has 1 heterocycles. The molecule has 0 radical (unpaired) electrons. The summed E-state index contributed by atoms with van der Waals surface area (Å²) in [5.41, 5.74) is 0. The maximum atomic E-state index is 11.2. The van der Waals surface area contributed by atoms with Crippen LogP contribution in [0.2, 0.25) is 0 Å². The number of carboxylic acid groups (broad SMARTS) is 1. The minimum atomic E-state index is -0.634. The van der Waals surface area contributed by atoms with E-state index in [1.54, 1.807) is 0 Å². The third kappa shape index (κ3) is 3.19. The van der Waals surface area contributed by atoms with Crippen LogP contribution in [0, 0.1) is 5.92 Å². The Morgan fingerprint density at radius 2 is 1.94 bits per heavy atom. The molecular formula is C13H24N2O2. The van der Waals surface area contributed by atoms with E-state index >= 15 is 0 Å². The Bertz CT molecular complexity index is 264. The molecule has 0 bridgehead atoms. The van der Waals surface area contributed by atoms with Gasteiger partial charge in [-0.25, -0.2) is 0 Å².